The number of nitrogens with zero attached hydrogens (tertiary/aromatic N) is 5. The van der Waals surface area contributed by atoms with E-state index in [0.717, 1.165) is 16.7 Å². The molecule has 4 aromatic heterocycles. The van der Waals surface area contributed by atoms with E-state index in [4.69, 9.17) is 4.42 Å². The maximum atomic E-state index is 13.2. The number of rotatable bonds is 7. The molecule has 0 aliphatic heterocycles. The number of hydrogen-bond acceptors (Lipinski definition) is 9. The van der Waals surface area contributed by atoms with Gasteiger partial charge < -0.3 is 9.73 Å². The first-order valence-corrected chi connectivity index (χ1v) is 11.4. The van der Waals surface area contributed by atoms with Crippen LogP contribution in [0.4, 0.5) is 23.8 Å². The summed E-state index contributed by atoms with van der Waals surface area (Å²) in [6.07, 6.45) is -0.258. The average Bonchev–Trinajstić information content (AvgIpc) is 3.49. The fourth-order valence-corrected chi connectivity index (χ4v) is 3.99. The lowest BCUT2D eigenvalue weighted by Gasteiger charge is -2.11. The van der Waals surface area contributed by atoms with Gasteiger partial charge in [-0.1, -0.05) is 0 Å². The molecular formula is C22H18F3N7O3S. The molecule has 2 amide bonds. The topological polar surface area (TPSA) is 136 Å². The first kappa shape index (κ1) is 24.9. The van der Waals surface area contributed by atoms with Gasteiger partial charge in [-0.15, -0.1) is 21.5 Å². The molecule has 0 atom stereocenters. The number of Topliss-reactive ketones (excluding diaryl/α,β-unsaturated/α-hetero) is 1. The van der Waals surface area contributed by atoms with Crippen molar-refractivity contribution in [1.82, 2.24) is 30.5 Å². The van der Waals surface area contributed by atoms with Gasteiger partial charge in [0.25, 0.3) is 0 Å². The standard InChI is InChI=1S/C22H18F3N7O3S/c1-3-27-21(34)30-17-6-14(20-29-16(10-36-20)22(23,24)25)15(9-28-17)12-5-13(8-26-7-12)19-32-31-18(35-19)4-11(2)33/h5-10H,3-4H2,1-2H3,(H2,27,28,30,34). The lowest BCUT2D eigenvalue weighted by atomic mass is 10.0. The zero-order valence-corrected chi connectivity index (χ0v) is 19.7. The number of carbonyl (C=O) groups is 2. The Kier molecular flexibility index (Phi) is 7.05. The molecule has 4 heterocycles. The summed E-state index contributed by atoms with van der Waals surface area (Å²) in [6, 6.07) is 2.57. The van der Waals surface area contributed by atoms with Crippen LogP contribution in [0.3, 0.4) is 0 Å². The van der Waals surface area contributed by atoms with E-state index in [1.165, 1.54) is 31.6 Å². The highest BCUT2D eigenvalue weighted by Crippen LogP contribution is 2.38. The number of ketones is 1. The van der Waals surface area contributed by atoms with Crippen molar-refractivity contribution in [2.45, 2.75) is 26.4 Å². The van der Waals surface area contributed by atoms with Crippen molar-refractivity contribution in [2.24, 2.45) is 0 Å². The van der Waals surface area contributed by atoms with Crippen LogP contribution < -0.4 is 10.6 Å². The number of nitrogens with one attached hydrogen (secondary N) is 2. The first-order valence-electron chi connectivity index (χ1n) is 10.5. The van der Waals surface area contributed by atoms with E-state index in [1.807, 2.05) is 0 Å². The molecule has 0 unspecified atom stereocenters. The van der Waals surface area contributed by atoms with Gasteiger partial charge >= 0.3 is 12.2 Å². The Hall–Kier alpha value is -4.20. The number of urea groups is 1. The summed E-state index contributed by atoms with van der Waals surface area (Å²) in [4.78, 5) is 35.4. The van der Waals surface area contributed by atoms with Gasteiger partial charge in [0.2, 0.25) is 11.8 Å². The number of alkyl halides is 3. The molecule has 0 spiro atoms. The third-order valence-corrected chi connectivity index (χ3v) is 5.55. The fraction of sp³-hybridized carbons (Fsp3) is 0.227. The molecule has 10 nitrogen and oxygen atoms in total. The largest absolute Gasteiger partial charge is 0.434 e. The summed E-state index contributed by atoms with van der Waals surface area (Å²) in [5.41, 5.74) is 0.602. The Labute approximate surface area is 206 Å². The van der Waals surface area contributed by atoms with Crippen LogP contribution in [0.2, 0.25) is 0 Å². The van der Waals surface area contributed by atoms with Gasteiger partial charge in [0.1, 0.15) is 16.6 Å². The third-order valence-electron chi connectivity index (χ3n) is 4.67. The second-order valence-corrected chi connectivity index (χ2v) is 8.34. The Morgan fingerprint density at radius 3 is 2.56 bits per heavy atom. The summed E-state index contributed by atoms with van der Waals surface area (Å²) in [7, 11) is 0. The number of carbonyl (C=O) groups excluding carboxylic acids is 2. The molecule has 0 saturated heterocycles. The summed E-state index contributed by atoms with van der Waals surface area (Å²) >= 11 is 0.805. The Balaban J connectivity index is 1.77. The van der Waals surface area contributed by atoms with E-state index in [2.05, 4.69) is 35.8 Å². The van der Waals surface area contributed by atoms with Crippen LogP contribution in [-0.2, 0) is 17.4 Å². The minimum atomic E-state index is -4.61. The van der Waals surface area contributed by atoms with Crippen LogP contribution in [0.15, 0.2) is 40.5 Å². The van der Waals surface area contributed by atoms with E-state index >= 15 is 0 Å². The molecule has 2 N–H and O–H groups in total. The average molecular weight is 517 g/mol. The summed E-state index contributed by atoms with van der Waals surface area (Å²) < 4.78 is 45.2. The molecule has 0 aliphatic carbocycles. The SMILES string of the molecule is CCNC(=O)Nc1cc(-c2nc(C(F)(F)F)cs2)c(-c2cncc(-c3nnc(CC(C)=O)o3)c2)cn1. The number of pyridine rings is 2. The van der Waals surface area contributed by atoms with Crippen LogP contribution in [0.25, 0.3) is 33.2 Å². The molecule has 14 heteroatoms. The lowest BCUT2D eigenvalue weighted by molar-refractivity contribution is -0.140. The van der Waals surface area contributed by atoms with Gasteiger partial charge in [-0.05, 0) is 26.0 Å². The van der Waals surface area contributed by atoms with Crippen LogP contribution in [0.5, 0.6) is 0 Å². The predicted molar refractivity (Wildman–Crippen MR) is 124 cm³/mol. The van der Waals surface area contributed by atoms with E-state index in [-0.39, 0.29) is 34.8 Å². The predicted octanol–water partition coefficient (Wildman–Crippen LogP) is 4.61. The fourth-order valence-electron chi connectivity index (χ4n) is 3.14. The number of anilines is 1. The molecule has 0 radical (unpaired) electrons. The van der Waals surface area contributed by atoms with Gasteiger partial charge in [0.05, 0.1) is 12.0 Å². The number of hydrogen-bond donors (Lipinski definition) is 2. The van der Waals surface area contributed by atoms with Crippen LogP contribution in [0.1, 0.15) is 25.4 Å². The number of aromatic nitrogens is 5. The van der Waals surface area contributed by atoms with E-state index in [9.17, 15) is 22.8 Å². The monoisotopic (exact) mass is 517 g/mol. The zero-order valence-electron chi connectivity index (χ0n) is 18.9. The van der Waals surface area contributed by atoms with Crippen molar-refractivity contribution in [3.8, 4) is 33.2 Å². The molecule has 0 saturated carbocycles. The summed E-state index contributed by atoms with van der Waals surface area (Å²) in [5, 5.41) is 13.9. The van der Waals surface area contributed by atoms with Gasteiger partial charge in [-0.3, -0.25) is 15.1 Å². The number of halogens is 3. The maximum Gasteiger partial charge on any atom is 0.434 e. The van der Waals surface area contributed by atoms with E-state index in [0.29, 0.717) is 28.8 Å². The quantitative estimate of drug-likeness (QED) is 0.363. The zero-order chi connectivity index (χ0) is 25.9. The van der Waals surface area contributed by atoms with Gasteiger partial charge in [0.15, 0.2) is 5.69 Å². The minimum absolute atomic E-state index is 0.0140. The highest BCUT2D eigenvalue weighted by Gasteiger charge is 2.34. The molecule has 4 rings (SSSR count). The van der Waals surface area contributed by atoms with Crippen molar-refractivity contribution < 1.29 is 27.2 Å². The van der Waals surface area contributed by atoms with Gasteiger partial charge in [0, 0.05) is 47.2 Å². The van der Waals surface area contributed by atoms with Crippen molar-refractivity contribution >= 4 is 29.0 Å². The minimum Gasteiger partial charge on any atom is -0.420 e. The normalized spacial score (nSPS) is 11.4. The van der Waals surface area contributed by atoms with Crippen LogP contribution >= 0.6 is 11.3 Å². The molecule has 186 valence electrons. The second-order valence-electron chi connectivity index (χ2n) is 7.48. The van der Waals surface area contributed by atoms with Gasteiger partial charge in [-0.2, -0.15) is 13.2 Å². The van der Waals surface area contributed by atoms with Crippen molar-refractivity contribution in [2.75, 3.05) is 11.9 Å². The first-order chi connectivity index (χ1) is 17.1. The molecule has 4 aromatic rings. The molecule has 0 fully saturated rings. The summed E-state index contributed by atoms with van der Waals surface area (Å²) in [5.74, 6) is 0.251. The highest BCUT2D eigenvalue weighted by molar-refractivity contribution is 7.13. The van der Waals surface area contributed by atoms with E-state index < -0.39 is 17.9 Å². The van der Waals surface area contributed by atoms with Crippen LogP contribution in [-0.4, -0.2) is 43.5 Å². The molecule has 0 bridgehead atoms. The Morgan fingerprint density at radius 2 is 1.86 bits per heavy atom. The molecule has 36 heavy (non-hydrogen) atoms. The van der Waals surface area contributed by atoms with Crippen LogP contribution in [0, 0.1) is 0 Å². The summed E-state index contributed by atoms with van der Waals surface area (Å²) in [6.45, 7) is 3.51. The lowest BCUT2D eigenvalue weighted by Crippen LogP contribution is -2.28. The smallest absolute Gasteiger partial charge is 0.420 e. The Morgan fingerprint density at radius 1 is 1.08 bits per heavy atom. The third kappa shape index (κ3) is 5.71. The van der Waals surface area contributed by atoms with Crippen molar-refractivity contribution in [3.63, 3.8) is 0 Å². The van der Waals surface area contributed by atoms with Crippen molar-refractivity contribution in [3.05, 3.63) is 47.7 Å². The Bertz CT molecular complexity index is 1420. The van der Waals surface area contributed by atoms with Crippen molar-refractivity contribution in [1.29, 1.82) is 0 Å². The van der Waals surface area contributed by atoms with E-state index in [1.54, 1.807) is 13.0 Å². The second kappa shape index (κ2) is 10.2. The maximum absolute atomic E-state index is 13.2. The molecule has 0 aliphatic rings. The number of amides is 2. The number of thiazole rings is 1. The molecule has 0 aromatic carbocycles. The highest BCUT2D eigenvalue weighted by atomic mass is 32.1. The van der Waals surface area contributed by atoms with Gasteiger partial charge in [-0.25, -0.2) is 14.8 Å². The molecular weight excluding hydrogens is 499 g/mol.